The molecule has 1 fully saturated rings. The maximum atomic E-state index is 12.7. The molecule has 0 aliphatic carbocycles. The van der Waals surface area contributed by atoms with E-state index in [1.165, 1.54) is 18.3 Å². The summed E-state index contributed by atoms with van der Waals surface area (Å²) in [4.78, 5) is 27.5. The molecule has 2 heterocycles. The maximum Gasteiger partial charge on any atom is 0.261 e. The summed E-state index contributed by atoms with van der Waals surface area (Å²) < 4.78 is 26.3. The summed E-state index contributed by atoms with van der Waals surface area (Å²) >= 11 is 0. The van der Waals surface area contributed by atoms with Crippen LogP contribution in [0.4, 0.5) is 0 Å². The highest BCUT2D eigenvalue weighted by Crippen LogP contribution is 2.26. The first-order valence-corrected chi connectivity index (χ1v) is 8.06. The molecule has 0 aromatic carbocycles. The van der Waals surface area contributed by atoms with Gasteiger partial charge in [0.1, 0.15) is 0 Å². The predicted octanol–water partition coefficient (Wildman–Crippen LogP) is 0.0677. The molecule has 1 saturated heterocycles. The summed E-state index contributed by atoms with van der Waals surface area (Å²) in [5, 5.41) is -0.196. The number of primary amides is 1. The average molecular weight is 311 g/mol. The summed E-state index contributed by atoms with van der Waals surface area (Å²) in [6.45, 7) is 1.66. The van der Waals surface area contributed by atoms with Gasteiger partial charge in [0.05, 0.1) is 0 Å². The standard InChI is InChI=1S/C13H17N3O4S/c1-9-5-4-6-10(17)12(13(14)18)16(9)21(19,20)11-7-2-3-8-15-11/h2-3,7-9,12H,4-6H2,1H3,(H2,14,18)/t9-,12?/m1/s1. The third-order valence-corrected chi connectivity index (χ3v) is 5.38. The quantitative estimate of drug-likeness (QED) is 0.794. The van der Waals surface area contributed by atoms with E-state index in [1.807, 2.05) is 0 Å². The normalized spacial score (nSPS) is 24.5. The van der Waals surface area contributed by atoms with Crippen molar-refractivity contribution in [2.45, 2.75) is 43.3 Å². The first-order valence-electron chi connectivity index (χ1n) is 6.62. The zero-order valence-electron chi connectivity index (χ0n) is 11.6. The molecule has 2 atom stereocenters. The number of Topliss-reactive ketones (excluding diaryl/α,β-unsaturated/α-hetero) is 1. The van der Waals surface area contributed by atoms with Crippen molar-refractivity contribution in [3.63, 3.8) is 0 Å². The third-order valence-electron chi connectivity index (χ3n) is 3.49. The minimum absolute atomic E-state index is 0.145. The van der Waals surface area contributed by atoms with Gasteiger partial charge in [-0.25, -0.2) is 13.4 Å². The number of nitrogens with zero attached hydrogens (tertiary/aromatic N) is 2. The molecule has 1 amide bonds. The van der Waals surface area contributed by atoms with Gasteiger partial charge in [-0.3, -0.25) is 9.59 Å². The second kappa shape index (κ2) is 5.90. The van der Waals surface area contributed by atoms with E-state index in [9.17, 15) is 18.0 Å². The van der Waals surface area contributed by atoms with Gasteiger partial charge in [0.2, 0.25) is 5.91 Å². The highest BCUT2D eigenvalue weighted by molar-refractivity contribution is 7.89. The van der Waals surface area contributed by atoms with Gasteiger partial charge >= 0.3 is 0 Å². The van der Waals surface area contributed by atoms with Crippen molar-refractivity contribution < 1.29 is 18.0 Å². The van der Waals surface area contributed by atoms with E-state index in [-0.39, 0.29) is 11.4 Å². The van der Waals surface area contributed by atoms with Gasteiger partial charge < -0.3 is 5.73 Å². The zero-order valence-corrected chi connectivity index (χ0v) is 12.4. The molecule has 2 N–H and O–H groups in total. The van der Waals surface area contributed by atoms with Crippen LogP contribution in [-0.2, 0) is 19.6 Å². The fourth-order valence-electron chi connectivity index (χ4n) is 2.50. The SMILES string of the molecule is C[C@@H]1CCCC(=O)C(C(N)=O)N1S(=O)(=O)c1ccccn1. The largest absolute Gasteiger partial charge is 0.368 e. The van der Waals surface area contributed by atoms with Crippen LogP contribution in [-0.4, -0.2) is 41.5 Å². The van der Waals surface area contributed by atoms with Gasteiger partial charge in [0.15, 0.2) is 16.9 Å². The van der Waals surface area contributed by atoms with Gasteiger partial charge in [-0.2, -0.15) is 4.31 Å². The molecule has 0 saturated carbocycles. The molecule has 8 heteroatoms. The van der Waals surface area contributed by atoms with E-state index in [0.29, 0.717) is 12.8 Å². The first kappa shape index (κ1) is 15.6. The van der Waals surface area contributed by atoms with Crippen molar-refractivity contribution in [3.05, 3.63) is 24.4 Å². The molecule has 7 nitrogen and oxygen atoms in total. The lowest BCUT2D eigenvalue weighted by Crippen LogP contribution is -2.54. The number of sulfonamides is 1. The van der Waals surface area contributed by atoms with Gasteiger partial charge in [0, 0.05) is 18.7 Å². The maximum absolute atomic E-state index is 12.7. The van der Waals surface area contributed by atoms with Crippen LogP contribution >= 0.6 is 0 Å². The Morgan fingerprint density at radius 1 is 1.43 bits per heavy atom. The topological polar surface area (TPSA) is 110 Å². The Kier molecular flexibility index (Phi) is 4.38. The summed E-state index contributed by atoms with van der Waals surface area (Å²) in [5.74, 6) is -1.42. The smallest absolute Gasteiger partial charge is 0.261 e. The predicted molar refractivity (Wildman–Crippen MR) is 74.6 cm³/mol. The van der Waals surface area contributed by atoms with Gasteiger partial charge in [-0.05, 0) is 31.9 Å². The first-order chi connectivity index (χ1) is 9.85. The second-order valence-corrected chi connectivity index (χ2v) is 6.81. The summed E-state index contributed by atoms with van der Waals surface area (Å²) in [6, 6.07) is 2.48. The summed E-state index contributed by atoms with van der Waals surface area (Å²) in [6.07, 6.45) is 2.50. The Bertz CT molecular complexity index is 645. The van der Waals surface area contributed by atoms with E-state index in [1.54, 1.807) is 13.0 Å². The lowest BCUT2D eigenvalue weighted by molar-refractivity contribution is -0.131. The van der Waals surface area contributed by atoms with E-state index in [4.69, 9.17) is 5.73 Å². The summed E-state index contributed by atoms with van der Waals surface area (Å²) in [7, 11) is -4.06. The fraction of sp³-hybridized carbons (Fsp3) is 0.462. The number of hydrogen-bond acceptors (Lipinski definition) is 5. The van der Waals surface area contributed by atoms with E-state index < -0.39 is 33.8 Å². The second-order valence-electron chi connectivity index (χ2n) is 5.02. The fourth-order valence-corrected chi connectivity index (χ4v) is 4.24. The van der Waals surface area contributed by atoms with E-state index in [2.05, 4.69) is 4.98 Å². The molecule has 1 unspecified atom stereocenters. The number of amides is 1. The molecule has 0 radical (unpaired) electrons. The Hall–Kier alpha value is -1.80. The lowest BCUT2D eigenvalue weighted by Gasteiger charge is -2.30. The lowest BCUT2D eigenvalue weighted by atomic mass is 10.1. The van der Waals surface area contributed by atoms with Crippen molar-refractivity contribution in [2.75, 3.05) is 0 Å². The molecule has 1 aromatic rings. The molecule has 1 aromatic heterocycles. The van der Waals surface area contributed by atoms with Gasteiger partial charge in [-0.15, -0.1) is 0 Å². The van der Waals surface area contributed by atoms with Crippen molar-refractivity contribution >= 4 is 21.7 Å². The highest BCUT2D eigenvalue weighted by atomic mass is 32.2. The number of ketones is 1. The minimum Gasteiger partial charge on any atom is -0.368 e. The zero-order chi connectivity index (χ0) is 15.6. The van der Waals surface area contributed by atoms with Crippen LogP contribution < -0.4 is 5.73 Å². The van der Waals surface area contributed by atoms with E-state index >= 15 is 0 Å². The van der Waals surface area contributed by atoms with Crippen LogP contribution in [0, 0.1) is 0 Å². The molecule has 1 aliphatic rings. The molecule has 21 heavy (non-hydrogen) atoms. The van der Waals surface area contributed by atoms with Crippen molar-refractivity contribution in [2.24, 2.45) is 5.73 Å². The van der Waals surface area contributed by atoms with Crippen molar-refractivity contribution in [1.82, 2.24) is 9.29 Å². The number of nitrogens with two attached hydrogens (primary N) is 1. The number of hydrogen-bond donors (Lipinski definition) is 1. The minimum atomic E-state index is -4.06. The molecule has 0 bridgehead atoms. The van der Waals surface area contributed by atoms with Crippen LogP contribution in [0.25, 0.3) is 0 Å². The van der Waals surface area contributed by atoms with Crippen LogP contribution in [0.15, 0.2) is 29.4 Å². The van der Waals surface area contributed by atoms with Crippen LogP contribution in [0.1, 0.15) is 26.2 Å². The van der Waals surface area contributed by atoms with Crippen LogP contribution in [0.5, 0.6) is 0 Å². The Morgan fingerprint density at radius 3 is 2.71 bits per heavy atom. The number of aromatic nitrogens is 1. The molecular formula is C13H17N3O4S. The summed E-state index contributed by atoms with van der Waals surface area (Å²) in [5.41, 5.74) is 5.27. The molecular weight excluding hydrogens is 294 g/mol. The van der Waals surface area contributed by atoms with Crippen molar-refractivity contribution in [3.8, 4) is 0 Å². The van der Waals surface area contributed by atoms with E-state index in [0.717, 1.165) is 4.31 Å². The molecule has 2 rings (SSSR count). The molecule has 1 aliphatic heterocycles. The highest BCUT2D eigenvalue weighted by Gasteiger charge is 2.44. The molecule has 0 spiro atoms. The number of pyridine rings is 1. The number of carbonyl (C=O) groups is 2. The Morgan fingerprint density at radius 2 is 2.14 bits per heavy atom. The number of rotatable bonds is 3. The van der Waals surface area contributed by atoms with Gasteiger partial charge in [-0.1, -0.05) is 6.07 Å². The van der Waals surface area contributed by atoms with Gasteiger partial charge in [0.25, 0.3) is 10.0 Å². The van der Waals surface area contributed by atoms with Crippen LogP contribution in [0.2, 0.25) is 0 Å². The number of carbonyl (C=O) groups excluding carboxylic acids is 2. The Balaban J connectivity index is 2.55. The monoisotopic (exact) mass is 311 g/mol. The third kappa shape index (κ3) is 2.96. The molecule has 114 valence electrons. The van der Waals surface area contributed by atoms with Crippen LogP contribution in [0.3, 0.4) is 0 Å². The Labute approximate surface area is 123 Å². The average Bonchev–Trinajstić information content (AvgIpc) is 2.59. The van der Waals surface area contributed by atoms with Crippen molar-refractivity contribution in [1.29, 1.82) is 0 Å².